The molecule has 0 radical (unpaired) electrons. The van der Waals surface area contributed by atoms with Crippen molar-refractivity contribution in [1.82, 2.24) is 4.57 Å². The molecule has 0 N–H and O–H groups in total. The fourth-order valence-electron chi connectivity index (χ4n) is 2.05. The van der Waals surface area contributed by atoms with E-state index in [0.717, 1.165) is 22.0 Å². The topological polar surface area (TPSA) is 4.93 Å². The third-order valence-electron chi connectivity index (χ3n) is 2.92. The van der Waals surface area contributed by atoms with Gasteiger partial charge in [0.2, 0.25) is 0 Å². The molecular weight excluding hydrogens is 242 g/mol. The van der Waals surface area contributed by atoms with Gasteiger partial charge in [0, 0.05) is 16.9 Å². The normalized spacial score (nSPS) is 10.5. The van der Waals surface area contributed by atoms with Crippen LogP contribution in [-0.2, 0) is 0 Å². The standard InChI is InChI=1S/C16H12ClN/c17-14-10-8-13(9-11-14)16-7-4-12-18(16)15-5-2-1-3-6-15/h1-12H. The molecule has 1 aromatic heterocycles. The number of para-hydroxylation sites is 1. The van der Waals surface area contributed by atoms with Crippen molar-refractivity contribution in [2.75, 3.05) is 0 Å². The Labute approximate surface area is 111 Å². The van der Waals surface area contributed by atoms with Crippen LogP contribution in [-0.4, -0.2) is 4.57 Å². The van der Waals surface area contributed by atoms with Crippen LogP contribution in [0.2, 0.25) is 5.02 Å². The summed E-state index contributed by atoms with van der Waals surface area (Å²) in [6.45, 7) is 0. The predicted octanol–water partition coefficient (Wildman–Crippen LogP) is 4.80. The van der Waals surface area contributed by atoms with Crippen molar-refractivity contribution < 1.29 is 0 Å². The predicted molar refractivity (Wildman–Crippen MR) is 76.2 cm³/mol. The van der Waals surface area contributed by atoms with Gasteiger partial charge in [-0.1, -0.05) is 41.9 Å². The second-order valence-electron chi connectivity index (χ2n) is 4.11. The first-order valence-corrected chi connectivity index (χ1v) is 6.21. The summed E-state index contributed by atoms with van der Waals surface area (Å²) in [5, 5.41) is 0.761. The van der Waals surface area contributed by atoms with Gasteiger partial charge in [0.05, 0.1) is 5.69 Å². The molecule has 2 aromatic carbocycles. The highest BCUT2D eigenvalue weighted by atomic mass is 35.5. The maximum Gasteiger partial charge on any atom is 0.0528 e. The summed E-state index contributed by atoms with van der Waals surface area (Å²) in [5.41, 5.74) is 3.48. The maximum atomic E-state index is 5.92. The van der Waals surface area contributed by atoms with Crippen molar-refractivity contribution in [3.63, 3.8) is 0 Å². The number of halogens is 1. The van der Waals surface area contributed by atoms with E-state index in [1.54, 1.807) is 0 Å². The number of rotatable bonds is 2. The molecular formula is C16H12ClN. The molecule has 0 fully saturated rings. The Kier molecular flexibility index (Phi) is 2.91. The smallest absolute Gasteiger partial charge is 0.0528 e. The Bertz CT molecular complexity index is 638. The minimum atomic E-state index is 0.761. The average molecular weight is 254 g/mol. The first-order valence-electron chi connectivity index (χ1n) is 5.83. The molecule has 2 heteroatoms. The minimum Gasteiger partial charge on any atom is -0.317 e. The van der Waals surface area contributed by atoms with E-state index in [1.807, 2.05) is 42.5 Å². The zero-order chi connectivity index (χ0) is 12.4. The van der Waals surface area contributed by atoms with Crippen LogP contribution in [0.3, 0.4) is 0 Å². The second kappa shape index (κ2) is 4.71. The molecule has 0 aliphatic carbocycles. The Morgan fingerprint density at radius 2 is 1.44 bits per heavy atom. The van der Waals surface area contributed by atoms with Crippen molar-refractivity contribution in [3.05, 3.63) is 77.9 Å². The van der Waals surface area contributed by atoms with E-state index in [2.05, 4.69) is 35.0 Å². The van der Waals surface area contributed by atoms with Gasteiger partial charge < -0.3 is 4.57 Å². The second-order valence-corrected chi connectivity index (χ2v) is 4.54. The summed E-state index contributed by atoms with van der Waals surface area (Å²) in [7, 11) is 0. The molecule has 0 unspecified atom stereocenters. The van der Waals surface area contributed by atoms with Gasteiger partial charge in [-0.05, 0) is 42.0 Å². The van der Waals surface area contributed by atoms with Crippen LogP contribution < -0.4 is 0 Å². The van der Waals surface area contributed by atoms with Crippen LogP contribution in [0.4, 0.5) is 0 Å². The van der Waals surface area contributed by atoms with Crippen LogP contribution in [0.1, 0.15) is 0 Å². The number of aromatic nitrogens is 1. The van der Waals surface area contributed by atoms with Crippen molar-refractivity contribution in [2.45, 2.75) is 0 Å². The molecule has 0 saturated heterocycles. The number of benzene rings is 2. The lowest BCUT2D eigenvalue weighted by molar-refractivity contribution is 1.09. The van der Waals surface area contributed by atoms with Crippen LogP contribution >= 0.6 is 11.6 Å². The summed E-state index contributed by atoms with van der Waals surface area (Å²) < 4.78 is 2.17. The average Bonchev–Trinajstić information content (AvgIpc) is 2.90. The van der Waals surface area contributed by atoms with Crippen LogP contribution in [0.25, 0.3) is 16.9 Å². The Hall–Kier alpha value is -1.99. The van der Waals surface area contributed by atoms with E-state index in [-0.39, 0.29) is 0 Å². The fourth-order valence-corrected chi connectivity index (χ4v) is 2.18. The first kappa shape index (κ1) is 11.1. The molecule has 0 aliphatic rings. The summed E-state index contributed by atoms with van der Waals surface area (Å²) in [5.74, 6) is 0. The molecule has 0 amide bonds. The third-order valence-corrected chi connectivity index (χ3v) is 3.18. The van der Waals surface area contributed by atoms with E-state index in [4.69, 9.17) is 11.6 Å². The highest BCUT2D eigenvalue weighted by molar-refractivity contribution is 6.30. The van der Waals surface area contributed by atoms with Crippen LogP contribution in [0.5, 0.6) is 0 Å². The van der Waals surface area contributed by atoms with Crippen LogP contribution in [0.15, 0.2) is 72.9 Å². The van der Waals surface area contributed by atoms with Crippen molar-refractivity contribution in [3.8, 4) is 16.9 Å². The molecule has 3 rings (SSSR count). The molecule has 1 nitrogen and oxygen atoms in total. The number of hydrogen-bond donors (Lipinski definition) is 0. The zero-order valence-electron chi connectivity index (χ0n) is 9.75. The third kappa shape index (κ3) is 2.05. The van der Waals surface area contributed by atoms with Gasteiger partial charge in [0.1, 0.15) is 0 Å². The lowest BCUT2D eigenvalue weighted by atomic mass is 10.1. The molecule has 1 heterocycles. The van der Waals surface area contributed by atoms with E-state index < -0.39 is 0 Å². The fraction of sp³-hybridized carbons (Fsp3) is 0. The molecule has 0 bridgehead atoms. The molecule has 18 heavy (non-hydrogen) atoms. The summed E-state index contributed by atoms with van der Waals surface area (Å²) in [6.07, 6.45) is 2.07. The monoisotopic (exact) mass is 253 g/mol. The van der Waals surface area contributed by atoms with E-state index >= 15 is 0 Å². The number of hydrogen-bond acceptors (Lipinski definition) is 0. The molecule has 0 spiro atoms. The maximum absolute atomic E-state index is 5.92. The van der Waals surface area contributed by atoms with E-state index in [0.29, 0.717) is 0 Å². The largest absolute Gasteiger partial charge is 0.317 e. The summed E-state index contributed by atoms with van der Waals surface area (Å²) in [4.78, 5) is 0. The van der Waals surface area contributed by atoms with Gasteiger partial charge in [-0.15, -0.1) is 0 Å². The summed E-state index contributed by atoms with van der Waals surface area (Å²) >= 11 is 5.92. The van der Waals surface area contributed by atoms with Gasteiger partial charge in [-0.3, -0.25) is 0 Å². The van der Waals surface area contributed by atoms with Crippen LogP contribution in [0, 0.1) is 0 Å². The molecule has 88 valence electrons. The number of nitrogens with zero attached hydrogens (tertiary/aromatic N) is 1. The lowest BCUT2D eigenvalue weighted by Crippen LogP contribution is -1.94. The van der Waals surface area contributed by atoms with Crippen molar-refractivity contribution in [1.29, 1.82) is 0 Å². The van der Waals surface area contributed by atoms with Crippen molar-refractivity contribution >= 4 is 11.6 Å². The van der Waals surface area contributed by atoms with Crippen molar-refractivity contribution in [2.24, 2.45) is 0 Å². The van der Waals surface area contributed by atoms with Gasteiger partial charge in [-0.25, -0.2) is 0 Å². The SMILES string of the molecule is Clc1ccc(-c2cccn2-c2ccccc2)cc1. The first-order chi connectivity index (χ1) is 8.84. The van der Waals surface area contributed by atoms with Gasteiger partial charge in [-0.2, -0.15) is 0 Å². The Morgan fingerprint density at radius 1 is 0.722 bits per heavy atom. The Morgan fingerprint density at radius 3 is 2.17 bits per heavy atom. The highest BCUT2D eigenvalue weighted by Gasteiger charge is 2.05. The minimum absolute atomic E-state index is 0.761. The molecule has 0 aliphatic heterocycles. The van der Waals surface area contributed by atoms with Gasteiger partial charge in [0.15, 0.2) is 0 Å². The zero-order valence-corrected chi connectivity index (χ0v) is 10.5. The Balaban J connectivity index is 2.10. The van der Waals surface area contributed by atoms with Gasteiger partial charge >= 0.3 is 0 Å². The van der Waals surface area contributed by atoms with Gasteiger partial charge in [0.25, 0.3) is 0 Å². The molecule has 0 atom stereocenters. The summed E-state index contributed by atoms with van der Waals surface area (Å²) in [6, 6.07) is 22.4. The van der Waals surface area contributed by atoms with E-state index in [9.17, 15) is 0 Å². The molecule has 0 saturated carbocycles. The van der Waals surface area contributed by atoms with E-state index in [1.165, 1.54) is 0 Å². The molecule has 3 aromatic rings. The lowest BCUT2D eigenvalue weighted by Gasteiger charge is -2.09. The quantitative estimate of drug-likeness (QED) is 0.618. The highest BCUT2D eigenvalue weighted by Crippen LogP contribution is 2.24.